The fourth-order valence-corrected chi connectivity index (χ4v) is 5.72. The molecule has 3 unspecified atom stereocenters. The molecule has 0 saturated carbocycles. The molecule has 12 heteroatoms. The topological polar surface area (TPSA) is 144 Å². The summed E-state index contributed by atoms with van der Waals surface area (Å²) < 4.78 is 11.7. The minimum absolute atomic E-state index is 0.190. The highest BCUT2D eigenvalue weighted by Crippen LogP contribution is 2.40. The number of rotatable bonds is 14. The van der Waals surface area contributed by atoms with Gasteiger partial charge in [-0.1, -0.05) is 19.3 Å². The fourth-order valence-electron chi connectivity index (χ4n) is 4.40. The molecule has 37 heavy (non-hydrogen) atoms. The van der Waals surface area contributed by atoms with Crippen LogP contribution in [-0.2, 0) is 33.4 Å². The number of hydrogen-bond acceptors (Lipinski definition) is 8. The van der Waals surface area contributed by atoms with Crippen LogP contribution in [0.2, 0.25) is 0 Å². The van der Waals surface area contributed by atoms with Crippen LogP contribution in [0.25, 0.3) is 0 Å². The molecule has 3 atom stereocenters. The number of carbonyl (C=O) groups excluding carboxylic acids is 4. The normalized spacial score (nSPS) is 19.5. The van der Waals surface area contributed by atoms with Gasteiger partial charge in [-0.3, -0.25) is 24.1 Å². The Kier molecular flexibility index (Phi) is 10.2. The molecule has 2 aliphatic rings. The van der Waals surface area contributed by atoms with E-state index < -0.39 is 35.3 Å². The summed E-state index contributed by atoms with van der Waals surface area (Å²) >= 11 is 1.32. The quantitative estimate of drug-likeness (QED) is 0.208. The molecule has 0 aromatic carbocycles. The summed E-state index contributed by atoms with van der Waals surface area (Å²) in [6.45, 7) is 3.17. The highest BCUT2D eigenvalue weighted by Gasteiger charge is 2.54. The number of β-lactam (4-membered cyclic amide) rings is 1. The van der Waals surface area contributed by atoms with E-state index in [1.807, 2.05) is 12.1 Å². The van der Waals surface area contributed by atoms with Gasteiger partial charge in [0.25, 0.3) is 5.91 Å². The largest absolute Gasteiger partial charge is 0.477 e. The molecule has 1 saturated heterocycles. The molecule has 1 aromatic heterocycles. The van der Waals surface area contributed by atoms with Gasteiger partial charge in [-0.15, -0.1) is 11.8 Å². The molecular formula is C25H33N3O8S. The van der Waals surface area contributed by atoms with Crippen molar-refractivity contribution in [3.8, 4) is 0 Å². The van der Waals surface area contributed by atoms with Gasteiger partial charge in [-0.2, -0.15) is 0 Å². The lowest BCUT2D eigenvalue weighted by Gasteiger charge is -2.49. The zero-order valence-electron chi connectivity index (χ0n) is 21.0. The summed E-state index contributed by atoms with van der Waals surface area (Å²) in [7, 11) is 0. The summed E-state index contributed by atoms with van der Waals surface area (Å²) in [6.07, 6.45) is 7.68. The lowest BCUT2D eigenvalue weighted by atomic mass is 10.0. The zero-order valence-corrected chi connectivity index (χ0v) is 21.8. The van der Waals surface area contributed by atoms with E-state index in [0.29, 0.717) is 25.0 Å². The third kappa shape index (κ3) is 7.15. The molecule has 11 nitrogen and oxygen atoms in total. The lowest BCUT2D eigenvalue weighted by molar-refractivity contribution is -0.151. The van der Waals surface area contributed by atoms with Gasteiger partial charge in [-0.25, -0.2) is 4.79 Å². The highest BCUT2D eigenvalue weighted by atomic mass is 32.2. The average molecular weight is 536 g/mol. The van der Waals surface area contributed by atoms with Gasteiger partial charge in [0.15, 0.2) is 0 Å². The molecule has 1 fully saturated rings. The Hall–Kier alpha value is -3.28. The minimum atomic E-state index is -1.28. The molecule has 2 amide bonds. The van der Waals surface area contributed by atoms with Gasteiger partial charge in [-0.05, 0) is 31.9 Å². The summed E-state index contributed by atoms with van der Waals surface area (Å²) in [5, 5.41) is 12.0. The van der Waals surface area contributed by atoms with Crippen molar-refractivity contribution in [2.24, 2.45) is 0 Å². The van der Waals surface area contributed by atoms with Crippen LogP contribution in [-0.4, -0.2) is 74.7 Å². The lowest BCUT2D eigenvalue weighted by Crippen LogP contribution is -2.71. The number of amides is 2. The summed E-state index contributed by atoms with van der Waals surface area (Å²) in [5.74, 6) is -2.58. The molecule has 2 N–H and O–H groups in total. The maximum absolute atomic E-state index is 13.2. The molecule has 0 radical (unpaired) electrons. The number of fused-ring (bicyclic) bond motifs is 1. The Balaban J connectivity index is 1.58. The third-order valence-electron chi connectivity index (χ3n) is 6.20. The molecule has 2 aliphatic heterocycles. The first kappa shape index (κ1) is 28.3. The SMILES string of the molecule is CCOC(=O)CCCCCCC(C(=O)NC1C(=O)N2C(C(=O)O)=C(COC(C)=O)CSC12)n1cccc1. The smallest absolute Gasteiger partial charge is 0.352 e. The van der Waals surface area contributed by atoms with E-state index in [1.54, 1.807) is 23.9 Å². The highest BCUT2D eigenvalue weighted by molar-refractivity contribution is 8.00. The van der Waals surface area contributed by atoms with E-state index in [-0.39, 0.29) is 29.9 Å². The van der Waals surface area contributed by atoms with E-state index in [9.17, 15) is 29.1 Å². The monoisotopic (exact) mass is 535 g/mol. The number of nitrogens with one attached hydrogen (secondary N) is 1. The Bertz CT molecular complexity index is 1040. The van der Waals surface area contributed by atoms with Crippen molar-refractivity contribution in [2.45, 2.75) is 69.8 Å². The Labute approximate surface area is 219 Å². The van der Waals surface area contributed by atoms with E-state index in [2.05, 4.69) is 5.32 Å². The first-order valence-corrected chi connectivity index (χ1v) is 13.4. The van der Waals surface area contributed by atoms with Crippen LogP contribution in [0.3, 0.4) is 0 Å². The summed E-state index contributed by atoms with van der Waals surface area (Å²) in [6, 6.07) is 2.28. The standard InChI is InChI=1S/C25H33N3O8S/c1-3-35-19(30)11-7-5-4-6-10-18(27-12-8-9-13-27)22(31)26-20-23(32)28-21(25(33)34)17(14-36-16(2)29)15-37-24(20)28/h8-9,12-13,18,20,24H,3-7,10-11,14-15H2,1-2H3,(H,26,31)(H,33,34). The number of carboxylic acids is 1. The van der Waals surface area contributed by atoms with E-state index >= 15 is 0 Å². The number of aliphatic carboxylic acids is 1. The molecule has 0 spiro atoms. The molecule has 1 aromatic rings. The Morgan fingerprint density at radius 1 is 1.14 bits per heavy atom. The fraction of sp³-hybridized carbons (Fsp3) is 0.560. The number of aromatic nitrogens is 1. The average Bonchev–Trinajstić information content (AvgIpc) is 3.39. The first-order chi connectivity index (χ1) is 17.7. The van der Waals surface area contributed by atoms with Crippen LogP contribution in [0.1, 0.15) is 58.4 Å². The van der Waals surface area contributed by atoms with Crippen molar-refractivity contribution in [2.75, 3.05) is 19.0 Å². The molecule has 0 bridgehead atoms. The molecule has 202 valence electrons. The van der Waals surface area contributed by atoms with Crippen LogP contribution in [0, 0.1) is 0 Å². The number of ether oxygens (including phenoxy) is 2. The van der Waals surface area contributed by atoms with Gasteiger partial charge >= 0.3 is 17.9 Å². The van der Waals surface area contributed by atoms with Crippen LogP contribution in [0.5, 0.6) is 0 Å². The first-order valence-electron chi connectivity index (χ1n) is 12.4. The second kappa shape index (κ2) is 13.3. The van der Waals surface area contributed by atoms with E-state index in [1.165, 1.54) is 18.7 Å². The number of esters is 2. The molecule has 3 rings (SSSR count). The van der Waals surface area contributed by atoms with Gasteiger partial charge in [0.2, 0.25) is 5.91 Å². The maximum Gasteiger partial charge on any atom is 0.352 e. The summed E-state index contributed by atoms with van der Waals surface area (Å²) in [4.78, 5) is 61.8. The minimum Gasteiger partial charge on any atom is -0.477 e. The molecule has 0 aliphatic carbocycles. The van der Waals surface area contributed by atoms with Crippen molar-refractivity contribution in [1.82, 2.24) is 14.8 Å². The number of hydrogen-bond donors (Lipinski definition) is 2. The van der Waals surface area contributed by atoms with Crippen molar-refractivity contribution in [1.29, 1.82) is 0 Å². The second-order valence-corrected chi connectivity index (χ2v) is 9.94. The Morgan fingerprint density at radius 2 is 1.84 bits per heavy atom. The number of unbranched alkanes of at least 4 members (excludes halogenated alkanes) is 3. The van der Waals surface area contributed by atoms with Crippen molar-refractivity contribution in [3.63, 3.8) is 0 Å². The van der Waals surface area contributed by atoms with Crippen molar-refractivity contribution in [3.05, 3.63) is 35.8 Å². The Morgan fingerprint density at radius 3 is 2.49 bits per heavy atom. The van der Waals surface area contributed by atoms with E-state index in [0.717, 1.165) is 30.6 Å². The maximum atomic E-state index is 13.2. The third-order valence-corrected chi connectivity index (χ3v) is 7.54. The molecule has 3 heterocycles. The van der Waals surface area contributed by atoms with Gasteiger partial charge in [0.1, 0.15) is 29.8 Å². The van der Waals surface area contributed by atoms with Crippen molar-refractivity contribution >= 4 is 41.5 Å². The number of nitrogens with zero attached hydrogens (tertiary/aromatic N) is 2. The predicted octanol–water partition coefficient (Wildman–Crippen LogP) is 2.23. The van der Waals surface area contributed by atoms with Crippen LogP contribution in [0.15, 0.2) is 35.8 Å². The summed E-state index contributed by atoms with van der Waals surface area (Å²) in [5.41, 5.74) is 0.153. The predicted molar refractivity (Wildman–Crippen MR) is 134 cm³/mol. The van der Waals surface area contributed by atoms with E-state index in [4.69, 9.17) is 9.47 Å². The van der Waals surface area contributed by atoms with Crippen molar-refractivity contribution < 1.29 is 38.6 Å². The number of thioether (sulfide) groups is 1. The molecular weight excluding hydrogens is 502 g/mol. The van der Waals surface area contributed by atoms with Crippen LogP contribution < -0.4 is 5.32 Å². The second-order valence-electron chi connectivity index (χ2n) is 8.84. The number of carboxylic acid groups (broad SMARTS) is 1. The number of carbonyl (C=O) groups is 5. The van der Waals surface area contributed by atoms with Gasteiger partial charge in [0.05, 0.1) is 6.61 Å². The zero-order chi connectivity index (χ0) is 26.9. The van der Waals surface area contributed by atoms with Crippen LogP contribution in [0.4, 0.5) is 0 Å². The van der Waals surface area contributed by atoms with Crippen LogP contribution >= 0.6 is 11.8 Å². The van der Waals surface area contributed by atoms with Gasteiger partial charge < -0.3 is 24.5 Å². The van der Waals surface area contributed by atoms with Gasteiger partial charge in [0, 0.05) is 37.1 Å².